The van der Waals surface area contributed by atoms with E-state index in [0.29, 0.717) is 38.7 Å². The van der Waals surface area contributed by atoms with Crippen molar-refractivity contribution in [2.45, 2.75) is 142 Å². The number of rotatable bonds is 17. The summed E-state index contributed by atoms with van der Waals surface area (Å²) in [4.78, 5) is 51.3. The van der Waals surface area contributed by atoms with Crippen molar-refractivity contribution in [1.29, 1.82) is 0 Å². The fourth-order valence-electron chi connectivity index (χ4n) is 10.7. The lowest BCUT2D eigenvalue weighted by Gasteiger charge is -2.64. The van der Waals surface area contributed by atoms with E-state index in [4.69, 9.17) is 36.1 Å². The molecule has 4 aliphatic carbocycles. The van der Waals surface area contributed by atoms with Crippen molar-refractivity contribution in [2.75, 3.05) is 26.2 Å². The third-order valence-corrected chi connectivity index (χ3v) is 13.2. The van der Waals surface area contributed by atoms with Crippen LogP contribution in [0.25, 0.3) is 0 Å². The summed E-state index contributed by atoms with van der Waals surface area (Å²) in [6.07, 6.45) is 9.34. The quantitative estimate of drug-likeness (QED) is 0.108. The molecule has 0 aromatic rings. The molecule has 4 aliphatic rings. The third kappa shape index (κ3) is 8.98. The van der Waals surface area contributed by atoms with Crippen LogP contribution in [0.2, 0.25) is 0 Å². The average molecular weight is 692 g/mol. The summed E-state index contributed by atoms with van der Waals surface area (Å²) in [5.41, 5.74) is 16.7. The van der Waals surface area contributed by atoms with Crippen LogP contribution in [0.15, 0.2) is 0 Å². The average Bonchev–Trinajstić information content (AvgIpc) is 3.41. The molecule has 0 aromatic heterocycles. The van der Waals surface area contributed by atoms with Crippen molar-refractivity contribution >= 4 is 23.9 Å². The van der Waals surface area contributed by atoms with Crippen LogP contribution in [0.5, 0.6) is 0 Å². The van der Waals surface area contributed by atoms with Gasteiger partial charge in [-0.2, -0.15) is 0 Å². The van der Waals surface area contributed by atoms with Crippen LogP contribution in [0, 0.1) is 46.3 Å². The molecular formula is C38H65N3O8. The fourth-order valence-corrected chi connectivity index (χ4v) is 10.7. The van der Waals surface area contributed by atoms with E-state index in [0.717, 1.165) is 44.9 Å². The number of nitrogens with two attached hydrogens (primary N) is 3. The first-order valence-electron chi connectivity index (χ1n) is 19.3. The van der Waals surface area contributed by atoms with Crippen LogP contribution in [-0.2, 0) is 38.1 Å². The summed E-state index contributed by atoms with van der Waals surface area (Å²) in [6.45, 7) is 10.1. The monoisotopic (exact) mass is 691 g/mol. The van der Waals surface area contributed by atoms with E-state index >= 15 is 0 Å². The topological polar surface area (TPSA) is 183 Å². The first kappa shape index (κ1) is 39.5. The number of hydrogen-bond donors (Lipinski definition) is 3. The molecule has 0 radical (unpaired) electrons. The van der Waals surface area contributed by atoms with Gasteiger partial charge < -0.3 is 36.1 Å². The van der Waals surface area contributed by atoms with Gasteiger partial charge in [-0.25, -0.2) is 0 Å². The molecule has 280 valence electrons. The third-order valence-electron chi connectivity index (χ3n) is 13.2. The van der Waals surface area contributed by atoms with E-state index in [2.05, 4.69) is 27.7 Å². The lowest BCUT2D eigenvalue weighted by Crippen LogP contribution is -2.63. The molecule has 0 unspecified atom stereocenters. The minimum atomic E-state index is -0.369. The summed E-state index contributed by atoms with van der Waals surface area (Å²) in [5.74, 6) is -0.0134. The van der Waals surface area contributed by atoms with Gasteiger partial charge in [-0.05, 0) is 92.8 Å². The number of carbonyl (C=O) groups is 4. The number of carbonyl (C=O) groups excluding carboxylic acids is 4. The van der Waals surface area contributed by atoms with Crippen molar-refractivity contribution in [1.82, 2.24) is 0 Å². The van der Waals surface area contributed by atoms with Gasteiger partial charge in [-0.15, -0.1) is 0 Å². The highest BCUT2D eigenvalue weighted by atomic mass is 16.6. The van der Waals surface area contributed by atoms with Gasteiger partial charge in [0.15, 0.2) is 0 Å². The van der Waals surface area contributed by atoms with E-state index < -0.39 is 0 Å². The van der Waals surface area contributed by atoms with Crippen LogP contribution in [0.1, 0.15) is 124 Å². The van der Waals surface area contributed by atoms with Gasteiger partial charge >= 0.3 is 23.9 Å². The van der Waals surface area contributed by atoms with Crippen molar-refractivity contribution in [3.8, 4) is 0 Å². The first-order valence-corrected chi connectivity index (χ1v) is 19.3. The molecule has 0 spiro atoms. The zero-order valence-electron chi connectivity index (χ0n) is 30.6. The minimum Gasteiger partial charge on any atom is -0.466 e. The summed E-state index contributed by atoms with van der Waals surface area (Å²) >= 11 is 0. The molecule has 0 aliphatic heterocycles. The minimum absolute atomic E-state index is 0.0921. The van der Waals surface area contributed by atoms with Crippen LogP contribution < -0.4 is 17.2 Å². The van der Waals surface area contributed by atoms with Gasteiger partial charge in [-0.3, -0.25) is 19.2 Å². The van der Waals surface area contributed by atoms with Gasteiger partial charge in [0.2, 0.25) is 0 Å². The Morgan fingerprint density at radius 3 is 2.06 bits per heavy atom. The zero-order valence-corrected chi connectivity index (χ0v) is 30.6. The van der Waals surface area contributed by atoms with E-state index in [1.165, 1.54) is 0 Å². The lowest BCUT2D eigenvalue weighted by atomic mass is 9.43. The molecule has 4 rings (SSSR count). The number of ether oxygens (including phenoxy) is 4. The molecule has 0 aromatic carbocycles. The normalized spacial score (nSPS) is 35.7. The Labute approximate surface area is 293 Å². The molecule has 6 N–H and O–H groups in total. The van der Waals surface area contributed by atoms with Crippen LogP contribution >= 0.6 is 0 Å². The highest BCUT2D eigenvalue weighted by Gasteiger charge is 2.67. The number of unbranched alkanes of at least 4 members (excludes halogenated alkanes) is 2. The maximum atomic E-state index is 13.2. The molecule has 0 saturated heterocycles. The molecule has 49 heavy (non-hydrogen) atoms. The maximum Gasteiger partial charge on any atom is 0.307 e. The Kier molecular flexibility index (Phi) is 14.4. The summed E-state index contributed by atoms with van der Waals surface area (Å²) in [7, 11) is 0. The Balaban J connectivity index is 1.63. The Morgan fingerprint density at radius 2 is 1.41 bits per heavy atom. The van der Waals surface area contributed by atoms with Gasteiger partial charge in [-0.1, -0.05) is 40.5 Å². The van der Waals surface area contributed by atoms with E-state index in [9.17, 15) is 19.2 Å². The predicted molar refractivity (Wildman–Crippen MR) is 186 cm³/mol. The number of esters is 4. The molecule has 0 heterocycles. The Hall–Kier alpha value is -2.24. The molecule has 4 saturated carbocycles. The number of fused-ring (bicyclic) bond motifs is 5. The van der Waals surface area contributed by atoms with Gasteiger partial charge in [0, 0.05) is 37.4 Å². The van der Waals surface area contributed by atoms with E-state index in [1.54, 1.807) is 0 Å². The molecule has 11 nitrogen and oxygen atoms in total. The van der Waals surface area contributed by atoms with Crippen molar-refractivity contribution in [3.05, 3.63) is 0 Å². The summed E-state index contributed by atoms with van der Waals surface area (Å²) in [5, 5.41) is 0. The van der Waals surface area contributed by atoms with Crippen LogP contribution in [0.4, 0.5) is 0 Å². The lowest BCUT2D eigenvalue weighted by molar-refractivity contribution is -0.225. The largest absolute Gasteiger partial charge is 0.466 e. The highest BCUT2D eigenvalue weighted by Crippen LogP contribution is 2.69. The smallest absolute Gasteiger partial charge is 0.307 e. The Morgan fingerprint density at radius 1 is 0.755 bits per heavy atom. The van der Waals surface area contributed by atoms with Crippen LogP contribution in [0.3, 0.4) is 0 Å². The van der Waals surface area contributed by atoms with E-state index in [1.807, 2.05) is 0 Å². The second-order valence-electron chi connectivity index (χ2n) is 16.0. The van der Waals surface area contributed by atoms with Crippen molar-refractivity contribution in [2.24, 2.45) is 63.5 Å². The Bertz CT molecular complexity index is 1140. The maximum absolute atomic E-state index is 13.2. The zero-order chi connectivity index (χ0) is 35.8. The van der Waals surface area contributed by atoms with Gasteiger partial charge in [0.05, 0.1) is 25.9 Å². The second-order valence-corrected chi connectivity index (χ2v) is 16.0. The molecule has 11 heteroatoms. The molecule has 11 atom stereocenters. The number of hydrogen-bond acceptors (Lipinski definition) is 11. The molecular weight excluding hydrogens is 626 g/mol. The first-order chi connectivity index (χ1) is 23.4. The van der Waals surface area contributed by atoms with Crippen molar-refractivity contribution in [3.63, 3.8) is 0 Å². The molecule has 0 amide bonds. The predicted octanol–water partition coefficient (Wildman–Crippen LogP) is 4.80. The van der Waals surface area contributed by atoms with Crippen molar-refractivity contribution < 1.29 is 38.1 Å². The highest BCUT2D eigenvalue weighted by molar-refractivity contribution is 5.71. The van der Waals surface area contributed by atoms with Gasteiger partial charge in [0.1, 0.15) is 18.3 Å². The second kappa shape index (κ2) is 17.8. The van der Waals surface area contributed by atoms with Gasteiger partial charge in [0.25, 0.3) is 0 Å². The summed E-state index contributed by atoms with van der Waals surface area (Å²) < 4.78 is 24.2. The molecule has 4 fully saturated rings. The summed E-state index contributed by atoms with van der Waals surface area (Å²) in [6, 6.07) is 0. The van der Waals surface area contributed by atoms with Crippen LogP contribution in [-0.4, -0.2) is 68.4 Å². The standard InChI is InChI=1S/C38H65N3O8/c1-5-6-7-20-46-32(42)11-8-24(2)27-9-10-28-36-29(23-31(38(27,28)4)49-35(45)15-19-41)37(3)16-12-26(47-33(43)13-17-39)21-25(37)22-30(36)48-34(44)14-18-40/h24-31,36H,5-23,39-41H2,1-4H3/t24-,25+,26-,27-,28+,29+,30-,31+,36+,37+,38-/m1/s1. The fraction of sp³-hybridized carbons (Fsp3) is 0.895. The SMILES string of the molecule is CCCCCOC(=O)CC[C@@H](C)[C@H]1CC[C@H]2[C@@H]3[C@H](OC(=O)CCN)C[C@@H]4C[C@H](OC(=O)CCN)CC[C@]4(C)[C@H]3C[C@H](OC(=O)CCN)[C@]12C. The van der Waals surface area contributed by atoms with E-state index in [-0.39, 0.29) is 127 Å². The molecule has 0 bridgehead atoms.